The molecule has 0 saturated carbocycles. The highest BCUT2D eigenvalue weighted by Gasteiger charge is 2.48. The summed E-state index contributed by atoms with van der Waals surface area (Å²) < 4.78 is 40.8. The maximum atomic E-state index is 14.9. The third-order valence-corrected chi connectivity index (χ3v) is 8.82. The van der Waals surface area contributed by atoms with E-state index in [4.69, 9.17) is 9.47 Å². The van der Waals surface area contributed by atoms with Gasteiger partial charge < -0.3 is 35.0 Å². The van der Waals surface area contributed by atoms with Crippen LogP contribution in [0.4, 0.5) is 20.2 Å². The summed E-state index contributed by atoms with van der Waals surface area (Å²) in [5.74, 6) is -3.64. The van der Waals surface area contributed by atoms with E-state index in [0.717, 1.165) is 49.1 Å². The number of piperazine rings is 1. The Labute approximate surface area is 266 Å². The number of aliphatic hydroxyl groups excluding tert-OH is 1. The summed E-state index contributed by atoms with van der Waals surface area (Å²) in [7, 11) is 0. The Balaban J connectivity index is 1.08. The number of carbonyl (C=O) groups is 1. The summed E-state index contributed by atoms with van der Waals surface area (Å²) in [6.07, 6.45) is -2.20. The molecule has 3 N–H and O–H groups in total. The van der Waals surface area contributed by atoms with E-state index in [1.54, 1.807) is 6.07 Å². The molecule has 4 heterocycles. The monoisotopic (exact) mass is 636 g/mol. The van der Waals surface area contributed by atoms with Crippen LogP contribution in [0.1, 0.15) is 37.6 Å². The second kappa shape index (κ2) is 13.2. The molecule has 0 radical (unpaired) electrons. The molecule has 0 aliphatic carbocycles. The number of anilines is 2. The van der Waals surface area contributed by atoms with Crippen LogP contribution in [0.3, 0.4) is 0 Å². The molecule has 0 bridgehead atoms. The predicted octanol–water partition coefficient (Wildman–Crippen LogP) is 2.56. The zero-order valence-electron chi connectivity index (χ0n) is 25.8. The molecular formula is C32H38F2N8O4. The Hall–Kier alpha value is -4.32. The molecule has 2 aromatic rings. The van der Waals surface area contributed by atoms with Gasteiger partial charge in [0.1, 0.15) is 17.9 Å². The summed E-state index contributed by atoms with van der Waals surface area (Å²) in [4.78, 5) is 26.9. The normalized spacial score (nSPS) is 25.5. The van der Waals surface area contributed by atoms with Crippen molar-refractivity contribution >= 4 is 29.6 Å². The van der Waals surface area contributed by atoms with Crippen LogP contribution >= 0.6 is 0 Å². The molecule has 1 amide bonds. The van der Waals surface area contributed by atoms with Crippen LogP contribution in [-0.2, 0) is 9.53 Å². The van der Waals surface area contributed by atoms with Gasteiger partial charge in [0.25, 0.3) is 5.91 Å². The lowest BCUT2D eigenvalue weighted by Gasteiger charge is -2.46. The Morgan fingerprint density at radius 1 is 1.22 bits per heavy atom. The predicted molar refractivity (Wildman–Crippen MR) is 168 cm³/mol. The Morgan fingerprint density at radius 2 is 2.00 bits per heavy atom. The molecule has 4 atom stereocenters. The second-order valence-electron chi connectivity index (χ2n) is 12.1. The number of piperidine rings is 1. The van der Waals surface area contributed by atoms with Gasteiger partial charge in [-0.05, 0) is 55.8 Å². The number of halogens is 2. The van der Waals surface area contributed by atoms with Gasteiger partial charge in [-0.2, -0.15) is 5.26 Å². The average Bonchev–Trinajstić information content (AvgIpc) is 3.01. The van der Waals surface area contributed by atoms with Crippen molar-refractivity contribution in [2.75, 3.05) is 56.2 Å². The summed E-state index contributed by atoms with van der Waals surface area (Å²) >= 11 is 0. The van der Waals surface area contributed by atoms with E-state index >= 15 is 0 Å². The first kappa shape index (κ1) is 31.7. The number of aliphatic imine (C=N–C) groups is 2. The van der Waals surface area contributed by atoms with Crippen molar-refractivity contribution < 1.29 is 28.2 Å². The zero-order chi connectivity index (χ0) is 32.4. The number of nitrogens with one attached hydrogen (secondary N) is 2. The van der Waals surface area contributed by atoms with E-state index in [9.17, 15) is 23.9 Å². The number of aliphatic hydroxyl groups is 1. The third-order valence-electron chi connectivity index (χ3n) is 8.82. The molecule has 1 unspecified atom stereocenters. The van der Waals surface area contributed by atoms with Crippen molar-refractivity contribution in [2.24, 2.45) is 9.98 Å². The molecule has 0 aromatic heterocycles. The van der Waals surface area contributed by atoms with Crippen molar-refractivity contribution in [1.82, 2.24) is 15.1 Å². The minimum Gasteiger partial charge on any atom is -0.483 e. The minimum absolute atomic E-state index is 0.00760. The number of amides is 1. The minimum atomic E-state index is -3.37. The number of benzene rings is 2. The molecule has 46 heavy (non-hydrogen) atoms. The Morgan fingerprint density at radius 3 is 2.65 bits per heavy atom. The molecule has 244 valence electrons. The lowest BCUT2D eigenvalue weighted by Crippen LogP contribution is -2.59. The van der Waals surface area contributed by atoms with Gasteiger partial charge in [0.2, 0.25) is 5.96 Å². The third kappa shape index (κ3) is 6.76. The number of nitriles is 1. The van der Waals surface area contributed by atoms with Gasteiger partial charge in [0.15, 0.2) is 12.3 Å². The number of nitrogens with zero attached hydrogens (tertiary/aromatic N) is 6. The number of guanidine groups is 1. The first-order valence-electron chi connectivity index (χ1n) is 15.5. The zero-order valence-corrected chi connectivity index (χ0v) is 25.8. The van der Waals surface area contributed by atoms with Gasteiger partial charge in [0.05, 0.1) is 37.7 Å². The van der Waals surface area contributed by atoms with Gasteiger partial charge in [-0.15, -0.1) is 0 Å². The van der Waals surface area contributed by atoms with Crippen LogP contribution in [0.15, 0.2) is 52.4 Å². The molecule has 4 aliphatic heterocycles. The highest BCUT2D eigenvalue weighted by atomic mass is 19.3. The molecule has 3 fully saturated rings. The molecule has 12 nitrogen and oxygen atoms in total. The second-order valence-corrected chi connectivity index (χ2v) is 12.1. The van der Waals surface area contributed by atoms with Crippen LogP contribution in [0.25, 0.3) is 0 Å². The molecule has 2 aromatic carbocycles. The van der Waals surface area contributed by atoms with Gasteiger partial charge >= 0.3 is 5.92 Å². The maximum absolute atomic E-state index is 14.9. The number of rotatable bonds is 7. The van der Waals surface area contributed by atoms with E-state index in [2.05, 4.69) is 49.5 Å². The number of hydrogen-bond donors (Lipinski definition) is 3. The fourth-order valence-corrected chi connectivity index (χ4v) is 6.17. The average molecular weight is 637 g/mol. The van der Waals surface area contributed by atoms with Crippen LogP contribution in [0, 0.1) is 11.3 Å². The number of hydrogen-bond acceptors (Lipinski definition) is 11. The topological polar surface area (TPSA) is 138 Å². The van der Waals surface area contributed by atoms with Crippen LogP contribution in [0.5, 0.6) is 5.75 Å². The van der Waals surface area contributed by atoms with E-state index in [-0.39, 0.29) is 24.3 Å². The summed E-state index contributed by atoms with van der Waals surface area (Å²) in [6, 6.07) is 15.8. The van der Waals surface area contributed by atoms with Crippen molar-refractivity contribution in [3.8, 4) is 11.8 Å². The maximum Gasteiger partial charge on any atom is 0.301 e. The number of carbonyl (C=O) groups excluding carboxylic acids is 1. The summed E-state index contributed by atoms with van der Waals surface area (Å²) in [5.41, 5.74) is 2.65. The molecule has 0 spiro atoms. The van der Waals surface area contributed by atoms with Crippen molar-refractivity contribution in [1.29, 1.82) is 5.26 Å². The van der Waals surface area contributed by atoms with Gasteiger partial charge in [-0.3, -0.25) is 9.69 Å². The van der Waals surface area contributed by atoms with E-state index < -0.39 is 36.7 Å². The number of ether oxygens (including phenoxy) is 2. The van der Waals surface area contributed by atoms with Crippen LogP contribution in [0.2, 0.25) is 0 Å². The van der Waals surface area contributed by atoms with Crippen molar-refractivity contribution in [2.45, 2.75) is 56.6 Å². The van der Waals surface area contributed by atoms with Crippen molar-refractivity contribution in [3.63, 3.8) is 0 Å². The van der Waals surface area contributed by atoms with E-state index in [1.807, 2.05) is 18.2 Å². The van der Waals surface area contributed by atoms with E-state index in [1.165, 1.54) is 25.4 Å². The fourth-order valence-electron chi connectivity index (χ4n) is 6.17. The lowest BCUT2D eigenvalue weighted by molar-refractivity contribution is -0.165. The molecular weight excluding hydrogens is 598 g/mol. The highest BCUT2D eigenvalue weighted by molar-refractivity contribution is 6.01. The number of likely N-dealkylation sites (tertiary alicyclic amines) is 1. The molecule has 3 saturated heterocycles. The molecule has 6 rings (SSSR count). The highest BCUT2D eigenvalue weighted by Crippen LogP contribution is 2.34. The van der Waals surface area contributed by atoms with Gasteiger partial charge in [-0.1, -0.05) is 6.07 Å². The smallest absolute Gasteiger partial charge is 0.301 e. The Bertz CT molecular complexity index is 1520. The SMILES string of the molecule is C[C@H](O)C(=O)N1CC[C@H](Oc2ccc(C3N=CNC(Nc4ccc(N5CCN(C6COC6)C[C@@H]5C)cc4)=N3)cc2C#N)C(F)(F)C1. The standard InChI is InChI=1S/C32H38F2N8O4/c1-20-15-40(26-16-45-17-26)11-12-42(20)25-6-4-24(5-7-25)38-31-37-19-36-29(39-31)22-3-8-27(23(13-22)14-35)46-28-9-10-41(18-32(28,33)34)30(44)21(2)43/h3-8,13,19-21,26,28-29,43H,9-12,15-18H2,1-2H3,(H2,36,37,38,39)/t20-,21-,28-,29?/m0/s1. The fraction of sp³-hybridized carbons (Fsp3) is 0.500. The van der Waals surface area contributed by atoms with E-state index in [0.29, 0.717) is 23.6 Å². The summed E-state index contributed by atoms with van der Waals surface area (Å²) in [5, 5.41) is 25.6. The number of alkyl halides is 2. The first-order valence-corrected chi connectivity index (χ1v) is 15.5. The van der Waals surface area contributed by atoms with Crippen LogP contribution < -0.4 is 20.3 Å². The Kier molecular flexibility index (Phi) is 9.08. The van der Waals surface area contributed by atoms with Crippen molar-refractivity contribution in [3.05, 3.63) is 53.6 Å². The molecule has 4 aliphatic rings. The summed E-state index contributed by atoms with van der Waals surface area (Å²) in [6.45, 7) is 7.26. The lowest BCUT2D eigenvalue weighted by atomic mass is 10.0. The van der Waals surface area contributed by atoms with Gasteiger partial charge in [0, 0.05) is 50.0 Å². The molecule has 14 heteroatoms. The quantitative estimate of drug-likeness (QED) is 0.419. The van der Waals surface area contributed by atoms with Crippen LogP contribution in [-0.4, -0.2) is 109 Å². The largest absolute Gasteiger partial charge is 0.483 e. The van der Waals surface area contributed by atoms with Gasteiger partial charge in [-0.25, -0.2) is 18.8 Å². The first-order chi connectivity index (χ1) is 22.1.